The van der Waals surface area contributed by atoms with Crippen molar-refractivity contribution in [2.75, 3.05) is 0 Å². The first kappa shape index (κ1) is 13.6. The van der Waals surface area contributed by atoms with Gasteiger partial charge in [0.25, 0.3) is 0 Å². The molecule has 0 aliphatic carbocycles. The van der Waals surface area contributed by atoms with Gasteiger partial charge in [0.05, 0.1) is 0 Å². The highest BCUT2D eigenvalue weighted by Gasteiger charge is 2.07. The van der Waals surface area contributed by atoms with Gasteiger partial charge in [-0.15, -0.1) is 0 Å². The predicted octanol–water partition coefficient (Wildman–Crippen LogP) is 4.17. The van der Waals surface area contributed by atoms with Crippen LogP contribution >= 0.6 is 0 Å². The molecule has 0 amide bonds. The molecule has 2 aromatic carbocycles. The van der Waals surface area contributed by atoms with E-state index in [0.717, 1.165) is 22.6 Å². The second-order valence-corrected chi connectivity index (χ2v) is 5.11. The van der Waals surface area contributed by atoms with E-state index >= 15 is 0 Å². The Morgan fingerprint density at radius 1 is 0.895 bits per heavy atom. The van der Waals surface area contributed by atoms with Crippen molar-refractivity contribution in [3.05, 3.63) is 58.1 Å². The lowest BCUT2D eigenvalue weighted by atomic mass is 10.1. The minimum absolute atomic E-state index is 0.530. The van der Waals surface area contributed by atoms with Crippen molar-refractivity contribution in [2.24, 2.45) is 5.73 Å². The number of hydrogen-bond donors (Lipinski definition) is 1. The van der Waals surface area contributed by atoms with E-state index in [2.05, 4.69) is 39.0 Å². The Morgan fingerprint density at radius 3 is 2.32 bits per heavy atom. The molecule has 2 heteroatoms. The predicted molar refractivity (Wildman–Crippen MR) is 79.8 cm³/mol. The third kappa shape index (κ3) is 2.96. The molecule has 2 nitrogen and oxygen atoms in total. The Balaban J connectivity index is 2.41. The molecule has 0 saturated heterocycles. The van der Waals surface area contributed by atoms with Gasteiger partial charge >= 0.3 is 0 Å². The van der Waals surface area contributed by atoms with Crippen LogP contribution in [0.2, 0.25) is 0 Å². The Kier molecular flexibility index (Phi) is 3.91. The molecule has 0 fully saturated rings. The summed E-state index contributed by atoms with van der Waals surface area (Å²) < 4.78 is 6.09. The van der Waals surface area contributed by atoms with Crippen molar-refractivity contribution in [1.29, 1.82) is 0 Å². The fourth-order valence-electron chi connectivity index (χ4n) is 2.11. The first-order valence-electron chi connectivity index (χ1n) is 6.56. The summed E-state index contributed by atoms with van der Waals surface area (Å²) in [4.78, 5) is 0. The molecule has 0 unspecified atom stereocenters. The maximum Gasteiger partial charge on any atom is 0.130 e. The molecule has 0 aliphatic heterocycles. The van der Waals surface area contributed by atoms with Gasteiger partial charge < -0.3 is 10.5 Å². The Bertz CT molecular complexity index is 602. The van der Waals surface area contributed by atoms with Gasteiger partial charge in [0, 0.05) is 6.54 Å². The van der Waals surface area contributed by atoms with Crippen LogP contribution in [0.5, 0.6) is 11.5 Å². The van der Waals surface area contributed by atoms with Crippen molar-refractivity contribution in [2.45, 2.75) is 34.2 Å². The zero-order chi connectivity index (χ0) is 14.0. The summed E-state index contributed by atoms with van der Waals surface area (Å²) in [6, 6.07) is 10.4. The van der Waals surface area contributed by atoms with Gasteiger partial charge in [-0.2, -0.15) is 0 Å². The SMILES string of the molecule is Cc1cc(C)c(C)c(Oc2cc(CN)ccc2C)c1. The van der Waals surface area contributed by atoms with E-state index < -0.39 is 0 Å². The molecule has 0 aromatic heterocycles. The van der Waals surface area contributed by atoms with Crippen molar-refractivity contribution in [1.82, 2.24) is 0 Å². The summed E-state index contributed by atoms with van der Waals surface area (Å²) in [5.74, 6) is 1.81. The molecule has 0 saturated carbocycles. The third-order valence-electron chi connectivity index (χ3n) is 3.47. The average Bonchev–Trinajstić information content (AvgIpc) is 2.38. The van der Waals surface area contributed by atoms with Crippen LogP contribution < -0.4 is 10.5 Å². The van der Waals surface area contributed by atoms with Crippen LogP contribution in [-0.2, 0) is 6.54 Å². The van der Waals surface area contributed by atoms with E-state index in [4.69, 9.17) is 10.5 Å². The number of ether oxygens (including phenoxy) is 1. The topological polar surface area (TPSA) is 35.2 Å². The Hall–Kier alpha value is -1.80. The minimum atomic E-state index is 0.530. The normalized spacial score (nSPS) is 10.6. The smallest absolute Gasteiger partial charge is 0.130 e. The molecule has 0 spiro atoms. The largest absolute Gasteiger partial charge is 0.457 e. The first-order chi connectivity index (χ1) is 9.01. The van der Waals surface area contributed by atoms with Crippen molar-refractivity contribution in [3.8, 4) is 11.5 Å². The summed E-state index contributed by atoms with van der Waals surface area (Å²) >= 11 is 0. The molecular formula is C17H21NO. The van der Waals surface area contributed by atoms with Crippen LogP contribution in [0.4, 0.5) is 0 Å². The lowest BCUT2D eigenvalue weighted by Crippen LogP contribution is -1.98. The number of rotatable bonds is 3. The lowest BCUT2D eigenvalue weighted by molar-refractivity contribution is 0.473. The van der Waals surface area contributed by atoms with E-state index in [-0.39, 0.29) is 0 Å². The number of nitrogens with two attached hydrogens (primary N) is 1. The van der Waals surface area contributed by atoms with Crippen LogP contribution in [-0.4, -0.2) is 0 Å². The zero-order valence-corrected chi connectivity index (χ0v) is 12.1. The Labute approximate surface area is 115 Å². The van der Waals surface area contributed by atoms with Gasteiger partial charge in [0.1, 0.15) is 11.5 Å². The van der Waals surface area contributed by atoms with Crippen LogP contribution in [0.1, 0.15) is 27.8 Å². The standard InChI is InChI=1S/C17H21NO/c1-11-7-13(3)14(4)17(8-11)19-16-9-15(10-18)6-5-12(16)2/h5-9H,10,18H2,1-4H3. The summed E-state index contributed by atoms with van der Waals surface area (Å²) in [6.45, 7) is 8.86. The highest BCUT2D eigenvalue weighted by Crippen LogP contribution is 2.30. The minimum Gasteiger partial charge on any atom is -0.457 e. The summed E-state index contributed by atoms with van der Waals surface area (Å²) in [6.07, 6.45) is 0. The molecule has 2 aromatic rings. The summed E-state index contributed by atoms with van der Waals surface area (Å²) in [7, 11) is 0. The van der Waals surface area contributed by atoms with E-state index in [1.54, 1.807) is 0 Å². The highest BCUT2D eigenvalue weighted by molar-refractivity contribution is 5.46. The number of aryl methyl sites for hydroxylation is 3. The quantitative estimate of drug-likeness (QED) is 0.893. The van der Waals surface area contributed by atoms with E-state index in [1.807, 2.05) is 19.1 Å². The van der Waals surface area contributed by atoms with Gasteiger partial charge in [-0.25, -0.2) is 0 Å². The first-order valence-corrected chi connectivity index (χ1v) is 6.56. The van der Waals surface area contributed by atoms with Crippen molar-refractivity contribution >= 4 is 0 Å². The maximum absolute atomic E-state index is 6.09. The highest BCUT2D eigenvalue weighted by atomic mass is 16.5. The molecule has 0 bridgehead atoms. The van der Waals surface area contributed by atoms with Crippen molar-refractivity contribution < 1.29 is 4.74 Å². The van der Waals surface area contributed by atoms with E-state index in [0.29, 0.717) is 6.54 Å². The molecule has 19 heavy (non-hydrogen) atoms. The molecule has 2 rings (SSSR count). The van der Waals surface area contributed by atoms with Gasteiger partial charge in [-0.05, 0) is 67.6 Å². The molecule has 0 aliphatic rings. The molecule has 0 radical (unpaired) electrons. The van der Waals surface area contributed by atoms with Gasteiger partial charge in [-0.3, -0.25) is 0 Å². The monoisotopic (exact) mass is 255 g/mol. The van der Waals surface area contributed by atoms with Crippen LogP contribution in [0.25, 0.3) is 0 Å². The van der Waals surface area contributed by atoms with E-state index in [9.17, 15) is 0 Å². The van der Waals surface area contributed by atoms with Crippen LogP contribution in [0.3, 0.4) is 0 Å². The average molecular weight is 255 g/mol. The zero-order valence-electron chi connectivity index (χ0n) is 12.1. The third-order valence-corrected chi connectivity index (χ3v) is 3.47. The summed E-state index contributed by atoms with van der Waals surface area (Å²) in [5, 5.41) is 0. The van der Waals surface area contributed by atoms with Gasteiger partial charge in [0.15, 0.2) is 0 Å². The summed E-state index contributed by atoms with van der Waals surface area (Å²) in [5.41, 5.74) is 11.5. The lowest BCUT2D eigenvalue weighted by Gasteiger charge is -2.14. The number of benzene rings is 2. The molecular weight excluding hydrogens is 234 g/mol. The fraction of sp³-hybridized carbons (Fsp3) is 0.294. The van der Waals surface area contributed by atoms with E-state index in [1.165, 1.54) is 16.7 Å². The second-order valence-electron chi connectivity index (χ2n) is 5.11. The van der Waals surface area contributed by atoms with Crippen LogP contribution in [0, 0.1) is 27.7 Å². The van der Waals surface area contributed by atoms with Crippen LogP contribution in [0.15, 0.2) is 30.3 Å². The second kappa shape index (κ2) is 5.45. The van der Waals surface area contributed by atoms with Crippen molar-refractivity contribution in [3.63, 3.8) is 0 Å². The van der Waals surface area contributed by atoms with Gasteiger partial charge in [0.2, 0.25) is 0 Å². The maximum atomic E-state index is 6.09. The molecule has 0 atom stereocenters. The Morgan fingerprint density at radius 2 is 1.63 bits per heavy atom. The molecule has 2 N–H and O–H groups in total. The molecule has 100 valence electrons. The fourth-order valence-corrected chi connectivity index (χ4v) is 2.11. The number of hydrogen-bond acceptors (Lipinski definition) is 2. The molecule has 0 heterocycles. The van der Waals surface area contributed by atoms with Gasteiger partial charge in [-0.1, -0.05) is 18.2 Å².